The summed E-state index contributed by atoms with van der Waals surface area (Å²) in [6, 6.07) is 2.42. The van der Waals surface area contributed by atoms with Gasteiger partial charge in [-0.05, 0) is 6.07 Å². The Kier molecular flexibility index (Phi) is 3.56. The van der Waals surface area contributed by atoms with Crippen molar-refractivity contribution in [1.29, 1.82) is 0 Å². The molecule has 10 heteroatoms. The molecule has 2 rings (SSSR count). The summed E-state index contributed by atoms with van der Waals surface area (Å²) in [4.78, 5) is 13.8. The number of nitro groups is 1. The summed E-state index contributed by atoms with van der Waals surface area (Å²) < 4.78 is 25.0. The van der Waals surface area contributed by atoms with E-state index in [1.807, 2.05) is 0 Å². The lowest BCUT2D eigenvalue weighted by atomic mass is 10.4. The van der Waals surface area contributed by atoms with Crippen molar-refractivity contribution < 1.29 is 13.7 Å². The minimum Gasteiger partial charge on any atom is -0.332 e. The molecule has 0 aromatic carbocycles. The molecule has 0 aliphatic rings. The van der Waals surface area contributed by atoms with Crippen LogP contribution in [-0.2, 0) is 0 Å². The highest BCUT2D eigenvalue weighted by Crippen LogP contribution is 2.27. The molecule has 19 heavy (non-hydrogen) atoms. The first-order chi connectivity index (χ1) is 8.97. The first-order valence-corrected chi connectivity index (χ1v) is 5.25. The van der Waals surface area contributed by atoms with Crippen molar-refractivity contribution in [2.24, 2.45) is 0 Å². The Morgan fingerprint density at radius 1 is 1.47 bits per heavy atom. The molecule has 2 aromatic rings. The van der Waals surface area contributed by atoms with Gasteiger partial charge in [-0.1, -0.05) is 11.6 Å². The second-order valence-electron chi connectivity index (χ2n) is 3.37. The molecule has 0 aliphatic carbocycles. The Morgan fingerprint density at radius 3 is 2.79 bits per heavy atom. The topological polar surface area (TPSA) is 85.9 Å². The summed E-state index contributed by atoms with van der Waals surface area (Å²) in [6.07, 6.45) is 2.09. The Bertz CT molecular complexity index is 618. The fourth-order valence-electron chi connectivity index (χ4n) is 1.31. The van der Waals surface area contributed by atoms with Crippen LogP contribution >= 0.6 is 11.6 Å². The zero-order valence-electron chi connectivity index (χ0n) is 9.13. The Morgan fingerprint density at radius 2 is 2.21 bits per heavy atom. The first kappa shape index (κ1) is 13.1. The molecule has 0 radical (unpaired) electrons. The predicted octanol–water partition coefficient (Wildman–Crippen LogP) is 2.98. The van der Waals surface area contributed by atoms with Gasteiger partial charge >= 0.3 is 12.2 Å². The summed E-state index contributed by atoms with van der Waals surface area (Å²) in [6.45, 7) is -2.79. The number of hydrogen-bond acceptors (Lipinski definition) is 5. The molecule has 0 bridgehead atoms. The van der Waals surface area contributed by atoms with Crippen LogP contribution in [0.15, 0.2) is 24.5 Å². The van der Waals surface area contributed by atoms with E-state index >= 15 is 0 Å². The van der Waals surface area contributed by atoms with Gasteiger partial charge in [0.1, 0.15) is 5.15 Å². The van der Waals surface area contributed by atoms with Crippen molar-refractivity contribution in [1.82, 2.24) is 14.8 Å². The number of hydrogen-bond donors (Lipinski definition) is 1. The Balaban J connectivity index is 2.31. The Hall–Kier alpha value is -2.29. The van der Waals surface area contributed by atoms with Gasteiger partial charge in [-0.2, -0.15) is 13.9 Å². The van der Waals surface area contributed by atoms with E-state index in [0.29, 0.717) is 4.68 Å². The summed E-state index contributed by atoms with van der Waals surface area (Å²) in [5, 5.41) is 16.7. The normalized spacial score (nSPS) is 10.7. The van der Waals surface area contributed by atoms with Gasteiger partial charge in [0.05, 0.1) is 23.0 Å². The molecule has 0 atom stereocenters. The molecule has 0 unspecified atom stereocenters. The fraction of sp³-hybridized carbons (Fsp3) is 0.111. The number of halogens is 3. The molecule has 2 heterocycles. The van der Waals surface area contributed by atoms with E-state index in [-0.39, 0.29) is 22.3 Å². The lowest BCUT2D eigenvalue weighted by Crippen LogP contribution is -2.00. The average Bonchev–Trinajstić information content (AvgIpc) is 2.77. The number of aromatic nitrogens is 3. The zero-order chi connectivity index (χ0) is 14.0. The third kappa shape index (κ3) is 2.94. The molecule has 7 nitrogen and oxygen atoms in total. The molecule has 0 spiro atoms. The van der Waals surface area contributed by atoms with Crippen LogP contribution in [-0.4, -0.2) is 19.7 Å². The number of pyridine rings is 1. The van der Waals surface area contributed by atoms with E-state index in [1.165, 1.54) is 6.07 Å². The maximum atomic E-state index is 12.3. The second-order valence-corrected chi connectivity index (χ2v) is 3.76. The molecule has 0 amide bonds. The van der Waals surface area contributed by atoms with E-state index in [2.05, 4.69) is 15.4 Å². The largest absolute Gasteiger partial charge is 0.333 e. The smallest absolute Gasteiger partial charge is 0.332 e. The van der Waals surface area contributed by atoms with Crippen molar-refractivity contribution in [2.75, 3.05) is 5.32 Å². The zero-order valence-corrected chi connectivity index (χ0v) is 9.88. The lowest BCUT2D eigenvalue weighted by molar-refractivity contribution is -0.384. The molecule has 2 aromatic heterocycles. The molecule has 0 aliphatic heterocycles. The number of anilines is 2. The lowest BCUT2D eigenvalue weighted by Gasteiger charge is -2.03. The predicted molar refractivity (Wildman–Crippen MR) is 62.7 cm³/mol. The minimum absolute atomic E-state index is 0.0364. The van der Waals surface area contributed by atoms with E-state index in [1.54, 1.807) is 0 Å². The van der Waals surface area contributed by atoms with Gasteiger partial charge in [-0.3, -0.25) is 10.1 Å². The quantitative estimate of drug-likeness (QED) is 0.531. The third-order valence-electron chi connectivity index (χ3n) is 2.10. The molecular formula is C9H6ClF2N5O2. The van der Waals surface area contributed by atoms with Crippen LogP contribution in [0.1, 0.15) is 6.55 Å². The van der Waals surface area contributed by atoms with Gasteiger partial charge < -0.3 is 5.32 Å². The molecule has 0 saturated carbocycles. The average molecular weight is 290 g/mol. The van der Waals surface area contributed by atoms with Crippen molar-refractivity contribution in [2.45, 2.75) is 6.55 Å². The van der Waals surface area contributed by atoms with Crippen LogP contribution in [0, 0.1) is 10.1 Å². The van der Waals surface area contributed by atoms with Crippen LogP contribution in [0.4, 0.5) is 26.0 Å². The van der Waals surface area contributed by atoms with Crippen molar-refractivity contribution >= 4 is 28.8 Å². The summed E-state index contributed by atoms with van der Waals surface area (Å²) >= 11 is 5.63. The van der Waals surface area contributed by atoms with E-state index in [4.69, 9.17) is 11.6 Å². The maximum absolute atomic E-state index is 12.3. The Labute approximate surface area is 110 Å². The van der Waals surface area contributed by atoms with Gasteiger partial charge in [0.2, 0.25) is 5.82 Å². The summed E-state index contributed by atoms with van der Waals surface area (Å²) in [5.74, 6) is -0.147. The summed E-state index contributed by atoms with van der Waals surface area (Å²) in [7, 11) is 0. The van der Waals surface area contributed by atoms with Crippen LogP contribution in [0.2, 0.25) is 5.15 Å². The highest BCUT2D eigenvalue weighted by atomic mass is 35.5. The molecular weight excluding hydrogens is 284 g/mol. The number of alkyl halides is 2. The highest BCUT2D eigenvalue weighted by molar-refractivity contribution is 6.29. The van der Waals surface area contributed by atoms with Crippen LogP contribution in [0.3, 0.4) is 0 Å². The SMILES string of the molecule is O=[N+]([O-])c1ccc(Cl)nc1Nc1cnn(C(F)F)c1. The monoisotopic (exact) mass is 289 g/mol. The van der Waals surface area contributed by atoms with Gasteiger partial charge in [0, 0.05) is 6.07 Å². The standard InChI is InChI=1S/C9H6ClF2N5O2/c10-7-2-1-6(17(18)19)8(15-7)14-5-3-13-16(4-5)9(11)12/h1-4,9H,(H,14,15). The van der Waals surface area contributed by atoms with E-state index in [9.17, 15) is 18.9 Å². The highest BCUT2D eigenvalue weighted by Gasteiger charge is 2.17. The number of nitrogens with one attached hydrogen (secondary N) is 1. The van der Waals surface area contributed by atoms with Crippen LogP contribution in [0.5, 0.6) is 0 Å². The van der Waals surface area contributed by atoms with Crippen LogP contribution in [0.25, 0.3) is 0 Å². The van der Waals surface area contributed by atoms with Crippen molar-refractivity contribution in [3.8, 4) is 0 Å². The van der Waals surface area contributed by atoms with Gasteiger partial charge in [0.15, 0.2) is 0 Å². The number of nitrogens with zero attached hydrogens (tertiary/aromatic N) is 4. The maximum Gasteiger partial charge on any atom is 0.333 e. The fourth-order valence-corrected chi connectivity index (χ4v) is 1.46. The minimum atomic E-state index is -2.79. The molecule has 0 saturated heterocycles. The van der Waals surface area contributed by atoms with Gasteiger partial charge in [-0.15, -0.1) is 0 Å². The van der Waals surface area contributed by atoms with Gasteiger partial charge in [0.25, 0.3) is 0 Å². The van der Waals surface area contributed by atoms with Crippen LogP contribution < -0.4 is 5.32 Å². The van der Waals surface area contributed by atoms with E-state index < -0.39 is 11.5 Å². The summed E-state index contributed by atoms with van der Waals surface area (Å²) in [5.41, 5.74) is -0.188. The number of rotatable bonds is 4. The van der Waals surface area contributed by atoms with E-state index in [0.717, 1.165) is 18.5 Å². The molecule has 100 valence electrons. The third-order valence-corrected chi connectivity index (χ3v) is 2.31. The first-order valence-electron chi connectivity index (χ1n) is 4.87. The van der Waals surface area contributed by atoms with Gasteiger partial charge in [-0.25, -0.2) is 9.67 Å². The van der Waals surface area contributed by atoms with Crippen molar-refractivity contribution in [3.63, 3.8) is 0 Å². The second kappa shape index (κ2) is 5.14. The molecule has 1 N–H and O–H groups in total. The molecule has 0 fully saturated rings. The van der Waals surface area contributed by atoms with Crippen molar-refractivity contribution in [3.05, 3.63) is 39.8 Å².